The Morgan fingerprint density at radius 1 is 1.25 bits per heavy atom. The van der Waals surface area contributed by atoms with E-state index >= 15 is 0 Å². The lowest BCUT2D eigenvalue weighted by Gasteiger charge is -2.34. The van der Waals surface area contributed by atoms with E-state index in [-0.39, 0.29) is 12.3 Å². The number of ether oxygens (including phenoxy) is 3. The highest BCUT2D eigenvalue weighted by molar-refractivity contribution is 5.36. The van der Waals surface area contributed by atoms with Gasteiger partial charge in [0.15, 0.2) is 0 Å². The van der Waals surface area contributed by atoms with Gasteiger partial charge >= 0.3 is 0 Å². The summed E-state index contributed by atoms with van der Waals surface area (Å²) in [5.41, 5.74) is -0.0544. The monoisotopic (exact) mass is 283 g/mol. The third-order valence-electron chi connectivity index (χ3n) is 3.39. The average molecular weight is 283 g/mol. The first kappa shape index (κ1) is 13.3. The van der Waals surface area contributed by atoms with E-state index in [1.807, 2.05) is 0 Å². The first-order valence-corrected chi connectivity index (χ1v) is 6.10. The van der Waals surface area contributed by atoms with Gasteiger partial charge in [0.05, 0.1) is 11.5 Å². The van der Waals surface area contributed by atoms with Gasteiger partial charge in [-0.05, 0) is 12.1 Å². The lowest BCUT2D eigenvalue weighted by atomic mass is 10.0. The van der Waals surface area contributed by atoms with Gasteiger partial charge in [-0.1, -0.05) is 0 Å². The highest BCUT2D eigenvalue weighted by atomic mass is 16.7. The highest BCUT2D eigenvalue weighted by Crippen LogP contribution is 2.31. The fraction of sp³-hybridized carbons (Fsp3) is 0.500. The summed E-state index contributed by atoms with van der Waals surface area (Å²) in [6.07, 6.45) is -4.25. The second-order valence-corrected chi connectivity index (χ2v) is 4.69. The van der Waals surface area contributed by atoms with E-state index in [1.165, 1.54) is 24.3 Å². The quantitative estimate of drug-likeness (QED) is 0.584. The molecule has 0 spiro atoms. The smallest absolute Gasteiger partial charge is 0.269 e. The summed E-state index contributed by atoms with van der Waals surface area (Å²) in [7, 11) is 0. The molecule has 0 unspecified atom stereocenters. The maximum atomic E-state index is 10.5. The number of nitro groups is 1. The van der Waals surface area contributed by atoms with Crippen LogP contribution in [-0.4, -0.2) is 52.4 Å². The van der Waals surface area contributed by atoms with Gasteiger partial charge in [-0.15, -0.1) is 0 Å². The Balaban J connectivity index is 1.70. The number of hydrogen-bond donors (Lipinski definition) is 2. The number of nitrogens with zero attached hydrogens (tertiary/aromatic N) is 1. The van der Waals surface area contributed by atoms with Gasteiger partial charge in [0.2, 0.25) is 6.29 Å². The van der Waals surface area contributed by atoms with Crippen molar-refractivity contribution in [2.24, 2.45) is 0 Å². The van der Waals surface area contributed by atoms with E-state index in [0.717, 1.165) is 0 Å². The van der Waals surface area contributed by atoms with Crippen LogP contribution in [0.4, 0.5) is 5.69 Å². The van der Waals surface area contributed by atoms with Crippen molar-refractivity contribution >= 4 is 5.69 Å². The molecule has 8 heteroatoms. The van der Waals surface area contributed by atoms with Gasteiger partial charge in [0.1, 0.15) is 30.2 Å². The number of benzene rings is 1. The van der Waals surface area contributed by atoms with E-state index in [1.54, 1.807) is 0 Å². The third-order valence-corrected chi connectivity index (χ3v) is 3.39. The van der Waals surface area contributed by atoms with Gasteiger partial charge < -0.3 is 24.4 Å². The zero-order chi connectivity index (χ0) is 14.3. The van der Waals surface area contributed by atoms with Crippen molar-refractivity contribution < 1.29 is 29.3 Å². The van der Waals surface area contributed by atoms with Gasteiger partial charge in [-0.25, -0.2) is 0 Å². The molecule has 5 atom stereocenters. The van der Waals surface area contributed by atoms with Crippen LogP contribution < -0.4 is 4.74 Å². The predicted octanol–water partition coefficient (Wildman–Crippen LogP) is -0.181. The molecule has 1 aromatic rings. The van der Waals surface area contributed by atoms with Crippen molar-refractivity contribution in [3.63, 3.8) is 0 Å². The SMILES string of the molecule is O=[N+]([O-])c1ccc(O[C@@H]2O[C@@H]3CO[C@@H]([C@H]3O)[C@H]2O)cc1. The van der Waals surface area contributed by atoms with Crippen LogP contribution in [-0.2, 0) is 9.47 Å². The molecule has 2 aliphatic heterocycles. The van der Waals surface area contributed by atoms with Gasteiger partial charge in [-0.3, -0.25) is 10.1 Å². The minimum Gasteiger partial charge on any atom is -0.462 e. The topological polar surface area (TPSA) is 111 Å². The molecule has 20 heavy (non-hydrogen) atoms. The fourth-order valence-corrected chi connectivity index (χ4v) is 2.32. The zero-order valence-electron chi connectivity index (χ0n) is 10.3. The summed E-state index contributed by atoms with van der Waals surface area (Å²) >= 11 is 0. The number of nitro benzene ring substituents is 1. The molecule has 0 aliphatic carbocycles. The minimum atomic E-state index is -1.13. The minimum absolute atomic E-state index is 0.0544. The van der Waals surface area contributed by atoms with Crippen LogP contribution in [0.1, 0.15) is 0 Å². The molecule has 8 nitrogen and oxygen atoms in total. The Morgan fingerprint density at radius 3 is 2.60 bits per heavy atom. The summed E-state index contributed by atoms with van der Waals surface area (Å²) in [6, 6.07) is 5.43. The summed E-state index contributed by atoms with van der Waals surface area (Å²) in [4.78, 5) is 10.0. The van der Waals surface area contributed by atoms with Crippen LogP contribution in [0.2, 0.25) is 0 Å². The van der Waals surface area contributed by atoms with Crippen LogP contribution in [0.25, 0.3) is 0 Å². The molecule has 2 N–H and O–H groups in total. The number of non-ortho nitro benzene ring substituents is 1. The Bertz CT molecular complexity index is 505. The first-order chi connectivity index (χ1) is 9.56. The third kappa shape index (κ3) is 2.22. The van der Waals surface area contributed by atoms with Gasteiger partial charge in [0, 0.05) is 12.1 Å². The number of aliphatic hydroxyl groups excluding tert-OH is 2. The van der Waals surface area contributed by atoms with E-state index < -0.39 is 35.6 Å². The Labute approximate surface area is 113 Å². The molecule has 1 aromatic carbocycles. The molecule has 2 fully saturated rings. The largest absolute Gasteiger partial charge is 0.462 e. The Kier molecular flexibility index (Phi) is 3.30. The van der Waals surface area contributed by atoms with Crippen LogP contribution in [0, 0.1) is 10.1 Å². The predicted molar refractivity (Wildman–Crippen MR) is 64.1 cm³/mol. The molecule has 2 bridgehead atoms. The molecule has 0 radical (unpaired) electrons. The molecule has 2 saturated heterocycles. The van der Waals surface area contributed by atoms with E-state index in [0.29, 0.717) is 5.75 Å². The van der Waals surface area contributed by atoms with E-state index in [4.69, 9.17) is 14.2 Å². The number of rotatable bonds is 3. The molecule has 0 saturated carbocycles. The lowest BCUT2D eigenvalue weighted by molar-refractivity contribution is -0.384. The van der Waals surface area contributed by atoms with Crippen molar-refractivity contribution in [1.82, 2.24) is 0 Å². The molecule has 0 aromatic heterocycles. The summed E-state index contributed by atoms with van der Waals surface area (Å²) < 4.78 is 16.1. The van der Waals surface area contributed by atoms with Crippen LogP contribution in [0.15, 0.2) is 24.3 Å². The Hall–Kier alpha value is -1.74. The van der Waals surface area contributed by atoms with Crippen molar-refractivity contribution in [2.45, 2.75) is 30.7 Å². The average Bonchev–Trinajstić information content (AvgIpc) is 2.70. The van der Waals surface area contributed by atoms with E-state index in [2.05, 4.69) is 0 Å². The van der Waals surface area contributed by atoms with Crippen molar-refractivity contribution in [3.8, 4) is 5.75 Å². The molecule has 3 rings (SSSR count). The molecule has 2 aliphatic rings. The van der Waals surface area contributed by atoms with Crippen LogP contribution in [0.5, 0.6) is 5.75 Å². The zero-order valence-corrected chi connectivity index (χ0v) is 10.3. The fourth-order valence-electron chi connectivity index (χ4n) is 2.32. The van der Waals surface area contributed by atoms with Crippen molar-refractivity contribution in [1.29, 1.82) is 0 Å². The molecule has 2 heterocycles. The first-order valence-electron chi connectivity index (χ1n) is 6.10. The van der Waals surface area contributed by atoms with Gasteiger partial charge in [0.25, 0.3) is 5.69 Å². The summed E-state index contributed by atoms with van der Waals surface area (Å²) in [5, 5.41) is 30.2. The second kappa shape index (κ2) is 4.98. The maximum absolute atomic E-state index is 10.5. The standard InChI is InChI=1S/C12H13NO7/c14-9-8-5-18-11(9)10(15)12(20-8)19-7-3-1-6(2-4-7)13(16)17/h1-4,8-12,14-15H,5H2/t8-,9+,10-,11+,12-/m1/s1. The Morgan fingerprint density at radius 2 is 1.95 bits per heavy atom. The molecular weight excluding hydrogens is 270 g/mol. The van der Waals surface area contributed by atoms with Crippen LogP contribution >= 0.6 is 0 Å². The number of fused-ring (bicyclic) bond motifs is 2. The number of hydrogen-bond acceptors (Lipinski definition) is 7. The second-order valence-electron chi connectivity index (χ2n) is 4.69. The van der Waals surface area contributed by atoms with Crippen molar-refractivity contribution in [2.75, 3.05) is 6.61 Å². The molecule has 0 amide bonds. The van der Waals surface area contributed by atoms with Gasteiger partial charge in [-0.2, -0.15) is 0 Å². The normalized spacial score (nSPS) is 35.8. The highest BCUT2D eigenvalue weighted by Gasteiger charge is 2.51. The van der Waals surface area contributed by atoms with E-state index in [9.17, 15) is 20.3 Å². The maximum Gasteiger partial charge on any atom is 0.269 e. The molecule has 108 valence electrons. The summed E-state index contributed by atoms with van der Waals surface area (Å²) in [6.45, 7) is 0.197. The lowest BCUT2D eigenvalue weighted by Crippen LogP contribution is -2.55. The van der Waals surface area contributed by atoms with Crippen molar-refractivity contribution in [3.05, 3.63) is 34.4 Å². The molecular formula is C12H13NO7. The van der Waals surface area contributed by atoms with Crippen LogP contribution in [0.3, 0.4) is 0 Å². The number of aliphatic hydroxyl groups is 2. The summed E-state index contributed by atoms with van der Waals surface area (Å²) in [5.74, 6) is 0.329.